The van der Waals surface area contributed by atoms with Crippen LogP contribution in [-0.2, 0) is 11.2 Å². The van der Waals surface area contributed by atoms with E-state index < -0.39 is 0 Å². The summed E-state index contributed by atoms with van der Waals surface area (Å²) in [5.74, 6) is 0.286. The Bertz CT molecular complexity index is 490. The number of para-hydroxylation sites is 1. The first kappa shape index (κ1) is 14.9. The molecule has 1 aliphatic heterocycles. The van der Waals surface area contributed by atoms with Crippen LogP contribution in [0, 0.1) is 11.3 Å². The van der Waals surface area contributed by atoms with Gasteiger partial charge in [0.25, 0.3) is 0 Å². The van der Waals surface area contributed by atoms with Crippen molar-refractivity contribution in [1.29, 1.82) is 0 Å². The first-order valence-electron chi connectivity index (χ1n) is 7.39. The van der Waals surface area contributed by atoms with E-state index in [1.807, 2.05) is 24.1 Å². The summed E-state index contributed by atoms with van der Waals surface area (Å²) >= 11 is 0. The standard InChI is InChI=1S/C17H26N2O/c1-12(17(2,3)4)19(5)16(20)14-10-13-8-6-7-9-15(13)18-11-14/h6-9,12,14,18H,10-11H2,1-5H3. The third-order valence-electron chi connectivity index (χ3n) is 4.55. The Morgan fingerprint density at radius 1 is 1.35 bits per heavy atom. The van der Waals surface area contributed by atoms with Crippen LogP contribution in [-0.4, -0.2) is 30.4 Å². The molecule has 1 amide bonds. The van der Waals surface area contributed by atoms with Gasteiger partial charge in [0.2, 0.25) is 5.91 Å². The molecule has 1 N–H and O–H groups in total. The predicted molar refractivity (Wildman–Crippen MR) is 83.8 cm³/mol. The Balaban J connectivity index is 2.08. The van der Waals surface area contributed by atoms with Crippen molar-refractivity contribution >= 4 is 11.6 Å². The summed E-state index contributed by atoms with van der Waals surface area (Å²) in [7, 11) is 1.93. The van der Waals surface area contributed by atoms with Crippen LogP contribution in [0.15, 0.2) is 24.3 Å². The Morgan fingerprint density at radius 3 is 2.65 bits per heavy atom. The van der Waals surface area contributed by atoms with Crippen molar-refractivity contribution in [3.05, 3.63) is 29.8 Å². The minimum atomic E-state index is 0.0414. The molecule has 3 heteroatoms. The minimum absolute atomic E-state index is 0.0414. The number of fused-ring (bicyclic) bond motifs is 1. The molecule has 1 aliphatic rings. The van der Waals surface area contributed by atoms with Gasteiger partial charge in [0, 0.05) is 25.3 Å². The summed E-state index contributed by atoms with van der Waals surface area (Å²) < 4.78 is 0. The lowest BCUT2D eigenvalue weighted by Crippen LogP contribution is -2.47. The van der Waals surface area contributed by atoms with Crippen molar-refractivity contribution in [2.24, 2.45) is 11.3 Å². The average Bonchev–Trinajstić information content (AvgIpc) is 2.43. The summed E-state index contributed by atoms with van der Waals surface area (Å²) in [5, 5.41) is 3.38. The van der Waals surface area contributed by atoms with Crippen LogP contribution in [0.2, 0.25) is 0 Å². The van der Waals surface area contributed by atoms with Crippen LogP contribution < -0.4 is 5.32 Å². The van der Waals surface area contributed by atoms with Gasteiger partial charge < -0.3 is 10.2 Å². The second-order valence-corrected chi connectivity index (χ2v) is 6.93. The molecule has 0 spiro atoms. The molecule has 3 nitrogen and oxygen atoms in total. The van der Waals surface area contributed by atoms with Crippen molar-refractivity contribution < 1.29 is 4.79 Å². The van der Waals surface area contributed by atoms with E-state index in [0.717, 1.165) is 13.0 Å². The van der Waals surface area contributed by atoms with E-state index in [1.165, 1.54) is 11.3 Å². The van der Waals surface area contributed by atoms with Gasteiger partial charge in [0.15, 0.2) is 0 Å². The van der Waals surface area contributed by atoms with Gasteiger partial charge in [-0.25, -0.2) is 0 Å². The van der Waals surface area contributed by atoms with E-state index in [1.54, 1.807) is 0 Å². The fourth-order valence-corrected chi connectivity index (χ4v) is 2.68. The molecule has 2 unspecified atom stereocenters. The topological polar surface area (TPSA) is 32.3 Å². The van der Waals surface area contributed by atoms with Gasteiger partial charge in [-0.2, -0.15) is 0 Å². The van der Waals surface area contributed by atoms with Crippen molar-refractivity contribution in [1.82, 2.24) is 4.90 Å². The molecule has 2 rings (SSSR count). The number of anilines is 1. The van der Waals surface area contributed by atoms with Crippen LogP contribution in [0.4, 0.5) is 5.69 Å². The third-order valence-corrected chi connectivity index (χ3v) is 4.55. The SMILES string of the molecule is CC(N(C)C(=O)C1CNc2ccccc2C1)C(C)(C)C. The highest BCUT2D eigenvalue weighted by molar-refractivity contribution is 5.81. The number of rotatable bonds is 2. The monoisotopic (exact) mass is 274 g/mol. The zero-order valence-corrected chi connectivity index (χ0v) is 13.2. The number of hydrogen-bond donors (Lipinski definition) is 1. The normalized spacial score (nSPS) is 19.8. The van der Waals surface area contributed by atoms with E-state index in [9.17, 15) is 4.79 Å². The van der Waals surface area contributed by atoms with E-state index in [0.29, 0.717) is 0 Å². The Morgan fingerprint density at radius 2 is 2.00 bits per heavy atom. The molecule has 0 saturated carbocycles. The molecule has 0 radical (unpaired) electrons. The van der Waals surface area contributed by atoms with E-state index in [-0.39, 0.29) is 23.3 Å². The summed E-state index contributed by atoms with van der Waals surface area (Å²) in [6, 6.07) is 8.48. The molecule has 1 aromatic rings. The molecular weight excluding hydrogens is 248 g/mol. The van der Waals surface area contributed by atoms with Crippen LogP contribution in [0.25, 0.3) is 0 Å². The summed E-state index contributed by atoms with van der Waals surface area (Å²) in [6.07, 6.45) is 0.837. The molecule has 0 aromatic heterocycles. The zero-order valence-electron chi connectivity index (χ0n) is 13.2. The Hall–Kier alpha value is -1.51. The van der Waals surface area contributed by atoms with E-state index >= 15 is 0 Å². The van der Waals surface area contributed by atoms with Crippen molar-refractivity contribution in [2.45, 2.75) is 40.2 Å². The number of hydrogen-bond acceptors (Lipinski definition) is 2. The van der Waals surface area contributed by atoms with E-state index in [4.69, 9.17) is 0 Å². The summed E-state index contributed by atoms with van der Waals surface area (Å²) in [4.78, 5) is 14.6. The van der Waals surface area contributed by atoms with Crippen molar-refractivity contribution in [2.75, 3.05) is 18.9 Å². The molecule has 1 aromatic carbocycles. The lowest BCUT2D eigenvalue weighted by atomic mass is 9.85. The van der Waals surface area contributed by atoms with Crippen LogP contribution in [0.5, 0.6) is 0 Å². The molecule has 0 aliphatic carbocycles. The Labute approximate surface area is 122 Å². The predicted octanol–water partition coefficient (Wildman–Crippen LogP) is 3.16. The second-order valence-electron chi connectivity index (χ2n) is 6.93. The maximum absolute atomic E-state index is 12.7. The number of benzene rings is 1. The maximum Gasteiger partial charge on any atom is 0.227 e. The highest BCUT2D eigenvalue weighted by atomic mass is 16.2. The van der Waals surface area contributed by atoms with Crippen LogP contribution in [0.1, 0.15) is 33.3 Å². The quantitative estimate of drug-likeness (QED) is 0.898. The average molecular weight is 274 g/mol. The number of nitrogens with zero attached hydrogens (tertiary/aromatic N) is 1. The minimum Gasteiger partial charge on any atom is -0.384 e. The highest BCUT2D eigenvalue weighted by Crippen LogP contribution is 2.28. The lowest BCUT2D eigenvalue weighted by molar-refractivity contribution is -0.137. The number of carbonyl (C=O) groups is 1. The summed E-state index contributed by atoms with van der Waals surface area (Å²) in [5.41, 5.74) is 2.52. The van der Waals surface area contributed by atoms with Gasteiger partial charge in [0.05, 0.1) is 5.92 Å². The fourth-order valence-electron chi connectivity index (χ4n) is 2.68. The van der Waals surface area contributed by atoms with Gasteiger partial charge in [0.1, 0.15) is 0 Å². The molecule has 0 fully saturated rings. The first-order valence-corrected chi connectivity index (χ1v) is 7.39. The highest BCUT2D eigenvalue weighted by Gasteiger charge is 2.32. The fraction of sp³-hybridized carbons (Fsp3) is 0.588. The summed E-state index contributed by atoms with van der Waals surface area (Å²) in [6.45, 7) is 9.39. The number of nitrogens with one attached hydrogen (secondary N) is 1. The molecular formula is C17H26N2O. The molecule has 2 atom stereocenters. The first-order chi connectivity index (χ1) is 9.30. The zero-order chi connectivity index (χ0) is 14.9. The van der Waals surface area contributed by atoms with Gasteiger partial charge in [-0.05, 0) is 30.4 Å². The second kappa shape index (κ2) is 5.47. The number of carbonyl (C=O) groups excluding carboxylic acids is 1. The lowest BCUT2D eigenvalue weighted by Gasteiger charge is -2.38. The third kappa shape index (κ3) is 2.97. The van der Waals surface area contributed by atoms with Crippen molar-refractivity contribution in [3.8, 4) is 0 Å². The maximum atomic E-state index is 12.7. The van der Waals surface area contributed by atoms with Crippen LogP contribution in [0.3, 0.4) is 0 Å². The largest absolute Gasteiger partial charge is 0.384 e. The van der Waals surface area contributed by atoms with Crippen molar-refractivity contribution in [3.63, 3.8) is 0 Å². The van der Waals surface area contributed by atoms with Crippen LogP contribution >= 0.6 is 0 Å². The van der Waals surface area contributed by atoms with Gasteiger partial charge in [-0.15, -0.1) is 0 Å². The Kier molecular flexibility index (Phi) is 4.07. The molecule has 0 bridgehead atoms. The molecule has 20 heavy (non-hydrogen) atoms. The molecule has 1 heterocycles. The van der Waals surface area contributed by atoms with Gasteiger partial charge in [-0.3, -0.25) is 4.79 Å². The molecule has 110 valence electrons. The smallest absolute Gasteiger partial charge is 0.227 e. The van der Waals surface area contributed by atoms with Gasteiger partial charge in [-0.1, -0.05) is 39.0 Å². The molecule has 0 saturated heterocycles. The number of amides is 1. The van der Waals surface area contributed by atoms with E-state index in [2.05, 4.69) is 45.1 Å². The van der Waals surface area contributed by atoms with Gasteiger partial charge >= 0.3 is 0 Å².